The van der Waals surface area contributed by atoms with Crippen molar-refractivity contribution in [1.29, 1.82) is 0 Å². The Morgan fingerprint density at radius 3 is 2.43 bits per heavy atom. The molecule has 0 saturated heterocycles. The normalized spacial score (nSPS) is 11.5. The number of anilines is 1. The number of halogens is 1. The number of nitrogens with one attached hydrogen (secondary N) is 2. The Morgan fingerprint density at radius 2 is 1.77 bits per heavy atom. The third kappa shape index (κ3) is 5.17. The zero-order chi connectivity index (χ0) is 21.7. The highest BCUT2D eigenvalue weighted by Gasteiger charge is 2.18. The number of methoxy groups -OCH3 is 1. The average molecular weight is 439 g/mol. The van der Waals surface area contributed by atoms with Crippen LogP contribution in [0.2, 0.25) is 5.02 Å². The van der Waals surface area contributed by atoms with Gasteiger partial charge in [0.25, 0.3) is 0 Å². The highest BCUT2D eigenvalue weighted by atomic mass is 35.5. The topological polar surface area (TPSA) is 50.4 Å². The predicted octanol–water partition coefficient (Wildman–Crippen LogP) is 5.82. The molecular weight excluding hydrogens is 416 g/mol. The number of hydrogen-bond acceptors (Lipinski definition) is 3. The van der Waals surface area contributed by atoms with Crippen molar-refractivity contribution in [2.75, 3.05) is 12.4 Å². The van der Waals surface area contributed by atoms with Gasteiger partial charge in [-0.25, -0.2) is 4.79 Å². The Hall–Kier alpha value is -2.89. The second kappa shape index (κ2) is 9.74. The summed E-state index contributed by atoms with van der Waals surface area (Å²) in [5.74, 6) is -0.500. The van der Waals surface area contributed by atoms with Crippen LogP contribution in [0.15, 0.2) is 66.7 Å². The maximum atomic E-state index is 11.9. The van der Waals surface area contributed by atoms with Crippen molar-refractivity contribution < 1.29 is 9.53 Å². The maximum absolute atomic E-state index is 11.9. The Labute approximate surface area is 187 Å². The molecule has 0 radical (unpaired) electrons. The van der Waals surface area contributed by atoms with Crippen LogP contribution in [0.1, 0.15) is 38.7 Å². The molecular formula is C24H23ClN2O2S. The van der Waals surface area contributed by atoms with Crippen molar-refractivity contribution in [3.05, 3.63) is 99.6 Å². The Morgan fingerprint density at radius 1 is 1.03 bits per heavy atom. The van der Waals surface area contributed by atoms with Crippen LogP contribution in [0, 0.1) is 13.8 Å². The van der Waals surface area contributed by atoms with E-state index in [1.807, 2.05) is 18.2 Å². The van der Waals surface area contributed by atoms with E-state index in [1.165, 1.54) is 18.2 Å². The third-order valence-electron chi connectivity index (χ3n) is 4.77. The highest BCUT2D eigenvalue weighted by Crippen LogP contribution is 2.26. The molecule has 3 rings (SSSR count). The van der Waals surface area contributed by atoms with E-state index in [9.17, 15) is 4.79 Å². The number of benzene rings is 3. The summed E-state index contributed by atoms with van der Waals surface area (Å²) in [5, 5.41) is 7.31. The molecule has 0 heterocycles. The predicted molar refractivity (Wildman–Crippen MR) is 126 cm³/mol. The molecule has 0 aliphatic rings. The molecule has 2 N–H and O–H groups in total. The van der Waals surface area contributed by atoms with Gasteiger partial charge in [0.05, 0.1) is 23.7 Å². The molecule has 30 heavy (non-hydrogen) atoms. The van der Waals surface area contributed by atoms with Crippen molar-refractivity contribution in [2.24, 2.45) is 0 Å². The minimum absolute atomic E-state index is 0.126. The first kappa shape index (κ1) is 21.8. The molecule has 0 fully saturated rings. The van der Waals surface area contributed by atoms with Gasteiger partial charge in [-0.1, -0.05) is 65.7 Å². The number of thiocarbonyl (C=S) groups is 1. The number of aryl methyl sites for hydroxylation is 2. The molecule has 3 aromatic carbocycles. The molecule has 0 amide bonds. The van der Waals surface area contributed by atoms with Crippen LogP contribution >= 0.6 is 23.8 Å². The van der Waals surface area contributed by atoms with Crippen LogP contribution in [0.5, 0.6) is 0 Å². The van der Waals surface area contributed by atoms with Gasteiger partial charge in [0.1, 0.15) is 0 Å². The number of carbonyl (C=O) groups is 1. The Balaban J connectivity index is 1.86. The monoisotopic (exact) mass is 438 g/mol. The van der Waals surface area contributed by atoms with Crippen LogP contribution in [0.25, 0.3) is 0 Å². The smallest absolute Gasteiger partial charge is 0.339 e. The third-order valence-corrected chi connectivity index (χ3v) is 5.32. The summed E-state index contributed by atoms with van der Waals surface area (Å²) in [7, 11) is 1.32. The van der Waals surface area contributed by atoms with Crippen molar-refractivity contribution >= 4 is 40.6 Å². The summed E-state index contributed by atoms with van der Waals surface area (Å²) in [6.45, 7) is 4.17. The highest BCUT2D eigenvalue weighted by molar-refractivity contribution is 7.80. The molecule has 0 saturated carbocycles. The average Bonchev–Trinajstić information content (AvgIpc) is 2.74. The molecule has 0 aromatic heterocycles. The zero-order valence-corrected chi connectivity index (χ0v) is 18.6. The lowest BCUT2D eigenvalue weighted by molar-refractivity contribution is 0.0601. The van der Waals surface area contributed by atoms with Gasteiger partial charge in [0.15, 0.2) is 5.11 Å². The van der Waals surface area contributed by atoms with E-state index in [0.29, 0.717) is 15.8 Å². The minimum Gasteiger partial charge on any atom is -0.465 e. The van der Waals surface area contributed by atoms with Crippen molar-refractivity contribution in [3.8, 4) is 0 Å². The molecule has 0 aliphatic heterocycles. The minimum atomic E-state index is -0.500. The largest absolute Gasteiger partial charge is 0.465 e. The zero-order valence-electron chi connectivity index (χ0n) is 17.0. The van der Waals surface area contributed by atoms with E-state index in [1.54, 1.807) is 18.2 Å². The first-order chi connectivity index (χ1) is 14.4. The van der Waals surface area contributed by atoms with Crippen LogP contribution in [-0.2, 0) is 4.74 Å². The molecule has 3 aromatic rings. The van der Waals surface area contributed by atoms with Gasteiger partial charge in [-0.05, 0) is 61.0 Å². The van der Waals surface area contributed by atoms with Crippen LogP contribution in [0.3, 0.4) is 0 Å². The fraction of sp³-hybridized carbons (Fsp3) is 0.167. The van der Waals surface area contributed by atoms with Gasteiger partial charge in [-0.3, -0.25) is 0 Å². The van der Waals surface area contributed by atoms with Gasteiger partial charge in [-0.2, -0.15) is 0 Å². The molecule has 0 unspecified atom stereocenters. The summed E-state index contributed by atoms with van der Waals surface area (Å²) in [6, 6.07) is 21.4. The molecule has 6 heteroatoms. The van der Waals surface area contributed by atoms with Crippen molar-refractivity contribution in [3.63, 3.8) is 0 Å². The standard InChI is InChI=1S/C24H23ClN2O2S/c1-15-9-11-19(16(2)13-15)22(17-7-5-4-6-8-17)27-24(30)26-18-10-12-21(25)20(14-18)23(28)29-3/h4-14,22H,1-3H3,(H2,26,27,30)/t22-/m1/s1. The lowest BCUT2D eigenvalue weighted by Gasteiger charge is -2.24. The first-order valence-corrected chi connectivity index (χ1v) is 10.2. The van der Waals surface area contributed by atoms with Crippen molar-refractivity contribution in [2.45, 2.75) is 19.9 Å². The van der Waals surface area contributed by atoms with E-state index in [4.69, 9.17) is 28.6 Å². The van der Waals surface area contributed by atoms with Gasteiger partial charge in [0.2, 0.25) is 0 Å². The van der Waals surface area contributed by atoms with Crippen LogP contribution in [-0.4, -0.2) is 18.2 Å². The van der Waals surface area contributed by atoms with Gasteiger partial charge < -0.3 is 15.4 Å². The van der Waals surface area contributed by atoms with Gasteiger partial charge in [0, 0.05) is 5.69 Å². The van der Waals surface area contributed by atoms with E-state index >= 15 is 0 Å². The molecule has 0 bridgehead atoms. The van der Waals surface area contributed by atoms with E-state index < -0.39 is 5.97 Å². The van der Waals surface area contributed by atoms with Crippen molar-refractivity contribution in [1.82, 2.24) is 5.32 Å². The lowest BCUT2D eigenvalue weighted by Crippen LogP contribution is -2.33. The van der Waals surface area contributed by atoms with E-state index in [-0.39, 0.29) is 11.6 Å². The van der Waals surface area contributed by atoms with Gasteiger partial charge >= 0.3 is 5.97 Å². The van der Waals surface area contributed by atoms with Crippen LogP contribution < -0.4 is 10.6 Å². The summed E-state index contributed by atoms with van der Waals surface area (Å²) >= 11 is 11.7. The number of hydrogen-bond donors (Lipinski definition) is 2. The first-order valence-electron chi connectivity index (χ1n) is 9.46. The summed E-state index contributed by atoms with van der Waals surface area (Å²) in [5.41, 5.74) is 5.55. The summed E-state index contributed by atoms with van der Waals surface area (Å²) in [4.78, 5) is 11.9. The SMILES string of the molecule is COC(=O)c1cc(NC(=S)N[C@H](c2ccccc2)c2ccc(C)cc2C)ccc1Cl. The fourth-order valence-corrected chi connectivity index (χ4v) is 3.73. The quantitative estimate of drug-likeness (QED) is 0.388. The molecule has 0 spiro atoms. The molecule has 0 aliphatic carbocycles. The maximum Gasteiger partial charge on any atom is 0.339 e. The lowest BCUT2D eigenvalue weighted by atomic mass is 9.94. The number of carbonyl (C=O) groups excluding carboxylic acids is 1. The van der Waals surface area contributed by atoms with Crippen LogP contribution in [0.4, 0.5) is 5.69 Å². The number of esters is 1. The molecule has 154 valence electrons. The molecule has 1 atom stereocenters. The fourth-order valence-electron chi connectivity index (χ4n) is 3.30. The number of rotatable bonds is 5. The van der Waals surface area contributed by atoms with E-state index in [0.717, 1.165) is 11.1 Å². The summed E-state index contributed by atoms with van der Waals surface area (Å²) < 4.78 is 4.78. The Kier molecular flexibility index (Phi) is 7.08. The van der Waals surface area contributed by atoms with E-state index in [2.05, 4.69) is 54.8 Å². The number of ether oxygens (including phenoxy) is 1. The Bertz CT molecular complexity index is 1070. The van der Waals surface area contributed by atoms with Gasteiger partial charge in [-0.15, -0.1) is 0 Å². The molecule has 4 nitrogen and oxygen atoms in total. The summed E-state index contributed by atoms with van der Waals surface area (Å²) in [6.07, 6.45) is 0. The second-order valence-electron chi connectivity index (χ2n) is 6.99. The second-order valence-corrected chi connectivity index (χ2v) is 7.80.